The summed E-state index contributed by atoms with van der Waals surface area (Å²) in [7, 11) is -3.96. The number of benzene rings is 2. The van der Waals surface area contributed by atoms with E-state index in [1.807, 2.05) is 12.1 Å². The number of ether oxygens (including phenoxy) is 2. The first-order valence-corrected chi connectivity index (χ1v) is 12.6. The van der Waals surface area contributed by atoms with Crippen molar-refractivity contribution in [2.45, 2.75) is 31.6 Å². The van der Waals surface area contributed by atoms with Crippen molar-refractivity contribution in [1.29, 1.82) is 0 Å². The van der Waals surface area contributed by atoms with E-state index in [2.05, 4.69) is 0 Å². The molecule has 2 aromatic rings. The molecule has 0 aliphatic carbocycles. The second-order valence-electron chi connectivity index (χ2n) is 7.93. The summed E-state index contributed by atoms with van der Waals surface area (Å²) in [6.45, 7) is 1.97. The molecule has 0 saturated heterocycles. The summed E-state index contributed by atoms with van der Waals surface area (Å²) < 4.78 is 36.2. The van der Waals surface area contributed by atoms with Crippen molar-refractivity contribution in [3.63, 3.8) is 0 Å². The van der Waals surface area contributed by atoms with E-state index in [0.29, 0.717) is 5.39 Å². The normalized spacial score (nSPS) is 12.1. The molecule has 1 unspecified atom stereocenters. The van der Waals surface area contributed by atoms with E-state index in [0.717, 1.165) is 5.39 Å². The standard InChI is InChI=1S/C24H29NO9S/c1-17(26)33-13-11-25(12-14-34-18(2)27)24(30)21(8-10-23(28)29)16-35(31,32)22-9-7-19-5-3-4-6-20(19)15-22/h3-7,9,15,21H,8,10-14,16H2,1-2H3,(H,28,29). The molecule has 0 bridgehead atoms. The predicted octanol–water partition coefficient (Wildman–Crippen LogP) is 2.05. The fraction of sp³-hybridized carbons (Fsp3) is 0.417. The molecule has 0 heterocycles. The number of sulfone groups is 1. The maximum absolute atomic E-state index is 13.3. The van der Waals surface area contributed by atoms with Gasteiger partial charge < -0.3 is 19.5 Å². The van der Waals surface area contributed by atoms with Crippen molar-refractivity contribution in [3.8, 4) is 0 Å². The molecule has 2 rings (SSSR count). The molecular weight excluding hydrogens is 478 g/mol. The lowest BCUT2D eigenvalue weighted by molar-refractivity contribution is -0.147. The quantitative estimate of drug-likeness (QED) is 0.403. The van der Waals surface area contributed by atoms with E-state index >= 15 is 0 Å². The Bertz CT molecular complexity index is 1160. The summed E-state index contributed by atoms with van der Waals surface area (Å²) >= 11 is 0. The molecule has 0 aliphatic rings. The number of esters is 2. The third-order valence-electron chi connectivity index (χ3n) is 5.20. The van der Waals surface area contributed by atoms with Crippen molar-refractivity contribution >= 4 is 44.4 Å². The number of carbonyl (C=O) groups excluding carboxylic acids is 3. The van der Waals surface area contributed by atoms with Crippen molar-refractivity contribution in [2.75, 3.05) is 32.1 Å². The first kappa shape index (κ1) is 27.8. The minimum Gasteiger partial charge on any atom is -0.481 e. The number of aliphatic carboxylic acids is 1. The number of carboxylic acid groups (broad SMARTS) is 1. The zero-order valence-electron chi connectivity index (χ0n) is 19.6. The number of amides is 1. The monoisotopic (exact) mass is 507 g/mol. The highest BCUT2D eigenvalue weighted by atomic mass is 32.2. The zero-order chi connectivity index (χ0) is 26.0. The molecule has 0 aromatic heterocycles. The van der Waals surface area contributed by atoms with Crippen LogP contribution in [-0.4, -0.2) is 74.3 Å². The van der Waals surface area contributed by atoms with Gasteiger partial charge in [0, 0.05) is 20.3 Å². The topological polar surface area (TPSA) is 144 Å². The van der Waals surface area contributed by atoms with E-state index in [1.54, 1.807) is 18.2 Å². The molecule has 2 aromatic carbocycles. The highest BCUT2D eigenvalue weighted by molar-refractivity contribution is 7.91. The van der Waals surface area contributed by atoms with E-state index < -0.39 is 51.7 Å². The van der Waals surface area contributed by atoms with Crippen LogP contribution in [0.25, 0.3) is 10.8 Å². The summed E-state index contributed by atoms with van der Waals surface area (Å²) in [6.07, 6.45) is -0.621. The highest BCUT2D eigenvalue weighted by Crippen LogP contribution is 2.23. The Morgan fingerprint density at radius 2 is 1.49 bits per heavy atom. The maximum Gasteiger partial charge on any atom is 0.303 e. The van der Waals surface area contributed by atoms with Gasteiger partial charge in [0.1, 0.15) is 13.2 Å². The van der Waals surface area contributed by atoms with E-state index in [4.69, 9.17) is 14.6 Å². The first-order valence-electron chi connectivity index (χ1n) is 11.0. The predicted molar refractivity (Wildman–Crippen MR) is 126 cm³/mol. The molecule has 0 fully saturated rings. The van der Waals surface area contributed by atoms with Gasteiger partial charge in [-0.3, -0.25) is 19.2 Å². The summed E-state index contributed by atoms with van der Waals surface area (Å²) in [4.78, 5) is 48.0. The number of hydrogen-bond donors (Lipinski definition) is 1. The Labute approximate surface area is 203 Å². The van der Waals surface area contributed by atoms with Gasteiger partial charge in [-0.05, 0) is 29.3 Å². The summed E-state index contributed by atoms with van der Waals surface area (Å²) in [5, 5.41) is 10.7. The van der Waals surface area contributed by atoms with E-state index in [9.17, 15) is 27.6 Å². The number of carbonyl (C=O) groups is 4. The number of rotatable bonds is 13. The lowest BCUT2D eigenvalue weighted by Gasteiger charge is -2.27. The molecule has 35 heavy (non-hydrogen) atoms. The number of carboxylic acids is 1. The van der Waals surface area contributed by atoms with Crippen molar-refractivity contribution < 1.29 is 42.2 Å². The molecule has 0 spiro atoms. The van der Waals surface area contributed by atoms with Gasteiger partial charge in [-0.15, -0.1) is 0 Å². The molecule has 1 N–H and O–H groups in total. The first-order chi connectivity index (χ1) is 16.5. The Hall–Kier alpha value is -3.47. The van der Waals surface area contributed by atoms with Gasteiger partial charge in [0.25, 0.3) is 0 Å². The van der Waals surface area contributed by atoms with Gasteiger partial charge in [-0.1, -0.05) is 30.3 Å². The maximum atomic E-state index is 13.3. The van der Waals surface area contributed by atoms with Crippen LogP contribution in [0.3, 0.4) is 0 Å². The minimum atomic E-state index is -3.96. The summed E-state index contributed by atoms with van der Waals surface area (Å²) in [5.74, 6) is -4.68. The number of nitrogens with zero attached hydrogens (tertiary/aromatic N) is 1. The van der Waals surface area contributed by atoms with E-state index in [1.165, 1.54) is 30.9 Å². The SMILES string of the molecule is CC(=O)OCCN(CCOC(C)=O)C(=O)C(CCC(=O)O)CS(=O)(=O)c1ccc2ccccc2c1. The van der Waals surface area contributed by atoms with Crippen LogP contribution < -0.4 is 0 Å². The molecule has 11 heteroatoms. The van der Waals surface area contributed by atoms with Gasteiger partial charge in [0.05, 0.1) is 29.7 Å². The zero-order valence-corrected chi connectivity index (χ0v) is 20.5. The number of hydrogen-bond acceptors (Lipinski definition) is 8. The Balaban J connectivity index is 2.28. The van der Waals surface area contributed by atoms with Gasteiger partial charge in [-0.25, -0.2) is 8.42 Å². The summed E-state index contributed by atoms with van der Waals surface area (Å²) in [5.41, 5.74) is 0. The van der Waals surface area contributed by atoms with Gasteiger partial charge in [0.15, 0.2) is 9.84 Å². The van der Waals surface area contributed by atoms with Crippen molar-refractivity contribution in [1.82, 2.24) is 4.90 Å². The van der Waals surface area contributed by atoms with Crippen LogP contribution in [0.5, 0.6) is 0 Å². The Morgan fingerprint density at radius 1 is 0.914 bits per heavy atom. The smallest absolute Gasteiger partial charge is 0.303 e. The summed E-state index contributed by atoms with van der Waals surface area (Å²) in [6, 6.07) is 11.9. The van der Waals surface area contributed by atoms with Crippen LogP contribution in [0.4, 0.5) is 0 Å². The molecule has 190 valence electrons. The molecule has 1 atom stereocenters. The van der Waals surface area contributed by atoms with Gasteiger partial charge in [-0.2, -0.15) is 0 Å². The third-order valence-corrected chi connectivity index (χ3v) is 7.01. The Kier molecular flexibility index (Phi) is 10.2. The second kappa shape index (κ2) is 12.8. The van der Waals surface area contributed by atoms with Gasteiger partial charge in [0.2, 0.25) is 5.91 Å². The third kappa shape index (κ3) is 9.01. The average molecular weight is 508 g/mol. The minimum absolute atomic E-state index is 0.0238. The largest absolute Gasteiger partial charge is 0.481 e. The average Bonchev–Trinajstić information content (AvgIpc) is 2.79. The molecular formula is C24H29NO9S. The molecule has 10 nitrogen and oxygen atoms in total. The van der Waals surface area contributed by atoms with Crippen LogP contribution >= 0.6 is 0 Å². The van der Waals surface area contributed by atoms with Crippen molar-refractivity contribution in [2.24, 2.45) is 5.92 Å². The second-order valence-corrected chi connectivity index (χ2v) is 9.96. The molecule has 0 aliphatic heterocycles. The van der Waals surface area contributed by atoms with Crippen LogP contribution in [0.15, 0.2) is 47.4 Å². The molecule has 0 radical (unpaired) electrons. The molecule has 0 saturated carbocycles. The lowest BCUT2D eigenvalue weighted by atomic mass is 10.0. The van der Waals surface area contributed by atoms with Crippen LogP contribution in [0.1, 0.15) is 26.7 Å². The van der Waals surface area contributed by atoms with E-state index in [-0.39, 0.29) is 37.6 Å². The van der Waals surface area contributed by atoms with Crippen LogP contribution in [-0.2, 0) is 38.5 Å². The number of fused-ring (bicyclic) bond motifs is 1. The fourth-order valence-electron chi connectivity index (χ4n) is 3.49. The highest BCUT2D eigenvalue weighted by Gasteiger charge is 2.31. The van der Waals surface area contributed by atoms with Crippen molar-refractivity contribution in [3.05, 3.63) is 42.5 Å². The lowest BCUT2D eigenvalue weighted by Crippen LogP contribution is -2.43. The van der Waals surface area contributed by atoms with Crippen LogP contribution in [0.2, 0.25) is 0 Å². The molecule has 1 amide bonds. The van der Waals surface area contributed by atoms with Gasteiger partial charge >= 0.3 is 17.9 Å². The Morgan fingerprint density at radius 3 is 2.03 bits per heavy atom. The van der Waals surface area contributed by atoms with Crippen LogP contribution in [0, 0.1) is 5.92 Å². The fourth-order valence-corrected chi connectivity index (χ4v) is 5.10.